The zero-order valence-electron chi connectivity index (χ0n) is 8.77. The molecule has 0 amide bonds. The monoisotopic (exact) mass is 194 g/mol. The number of nitrogens with two attached hydrogens (primary N) is 1. The van der Waals surface area contributed by atoms with Gasteiger partial charge in [-0.25, -0.2) is 4.68 Å². The summed E-state index contributed by atoms with van der Waals surface area (Å²) in [6.07, 6.45) is 3.99. The number of nitrogens with zero attached hydrogens (tertiary/aromatic N) is 2. The molecule has 2 atom stereocenters. The molecule has 1 aliphatic rings. The van der Waals surface area contributed by atoms with Crippen LogP contribution in [0.1, 0.15) is 32.7 Å². The highest BCUT2D eigenvalue weighted by Crippen LogP contribution is 2.26. The molecule has 0 saturated carbocycles. The largest absolute Gasteiger partial charge is 0.384 e. The molecule has 2 heterocycles. The Morgan fingerprint density at radius 3 is 2.57 bits per heavy atom. The first-order valence-corrected chi connectivity index (χ1v) is 5.22. The topological polar surface area (TPSA) is 55.9 Å². The van der Waals surface area contributed by atoms with Crippen LogP contribution in [0, 0.1) is 0 Å². The number of hydrogen-bond donors (Lipinski definition) is 2. The maximum atomic E-state index is 5.84. The molecule has 2 unspecified atom stereocenters. The number of nitrogen functional groups attached to an aromatic ring is 1. The van der Waals surface area contributed by atoms with Gasteiger partial charge in [-0.05, 0) is 32.8 Å². The first kappa shape index (κ1) is 9.52. The van der Waals surface area contributed by atoms with Gasteiger partial charge in [0.1, 0.15) is 5.82 Å². The second kappa shape index (κ2) is 3.61. The molecule has 0 radical (unpaired) electrons. The molecule has 1 fully saturated rings. The Balaban J connectivity index is 2.15. The van der Waals surface area contributed by atoms with Crippen LogP contribution in [0.3, 0.4) is 0 Å². The average molecular weight is 194 g/mol. The lowest BCUT2D eigenvalue weighted by Crippen LogP contribution is -2.43. The fourth-order valence-electron chi connectivity index (χ4n) is 2.36. The molecule has 1 aliphatic heterocycles. The third-order valence-corrected chi connectivity index (χ3v) is 2.87. The Morgan fingerprint density at radius 1 is 1.43 bits per heavy atom. The minimum absolute atomic E-state index is 0.455. The SMILES string of the molecule is CC1CC(n2nccc2N)CC(C)N1. The van der Waals surface area contributed by atoms with Crippen LogP contribution < -0.4 is 11.1 Å². The van der Waals surface area contributed by atoms with E-state index in [-0.39, 0.29) is 0 Å². The van der Waals surface area contributed by atoms with Gasteiger partial charge >= 0.3 is 0 Å². The fourth-order valence-corrected chi connectivity index (χ4v) is 2.36. The molecule has 3 N–H and O–H groups in total. The van der Waals surface area contributed by atoms with Gasteiger partial charge in [0.2, 0.25) is 0 Å². The van der Waals surface area contributed by atoms with E-state index in [1.54, 1.807) is 6.20 Å². The number of rotatable bonds is 1. The maximum Gasteiger partial charge on any atom is 0.121 e. The Morgan fingerprint density at radius 2 is 2.07 bits per heavy atom. The zero-order valence-corrected chi connectivity index (χ0v) is 8.77. The molecule has 0 spiro atoms. The molecule has 14 heavy (non-hydrogen) atoms. The van der Waals surface area contributed by atoms with E-state index < -0.39 is 0 Å². The average Bonchev–Trinajstić information content (AvgIpc) is 2.49. The lowest BCUT2D eigenvalue weighted by Gasteiger charge is -2.33. The molecule has 2 rings (SSSR count). The lowest BCUT2D eigenvalue weighted by molar-refractivity contribution is 0.252. The van der Waals surface area contributed by atoms with Crippen LogP contribution in [0.25, 0.3) is 0 Å². The van der Waals surface area contributed by atoms with Gasteiger partial charge in [0.05, 0.1) is 12.2 Å². The number of piperidine rings is 1. The van der Waals surface area contributed by atoms with Crippen LogP contribution in [-0.2, 0) is 0 Å². The van der Waals surface area contributed by atoms with Gasteiger partial charge in [-0.3, -0.25) is 0 Å². The molecule has 1 saturated heterocycles. The second-order valence-corrected chi connectivity index (χ2v) is 4.29. The summed E-state index contributed by atoms with van der Waals surface area (Å²) in [5.74, 6) is 0.774. The van der Waals surface area contributed by atoms with Crippen molar-refractivity contribution in [3.05, 3.63) is 12.3 Å². The van der Waals surface area contributed by atoms with Gasteiger partial charge < -0.3 is 11.1 Å². The van der Waals surface area contributed by atoms with Crippen molar-refractivity contribution >= 4 is 5.82 Å². The van der Waals surface area contributed by atoms with E-state index in [0.29, 0.717) is 18.1 Å². The zero-order chi connectivity index (χ0) is 10.1. The maximum absolute atomic E-state index is 5.84. The standard InChI is InChI=1S/C10H18N4/c1-7-5-9(6-8(2)13-7)14-10(11)3-4-12-14/h3-4,7-9,13H,5-6,11H2,1-2H3. The van der Waals surface area contributed by atoms with Crippen LogP contribution in [-0.4, -0.2) is 21.9 Å². The number of aromatic nitrogens is 2. The Bertz CT molecular complexity index is 297. The summed E-state index contributed by atoms with van der Waals surface area (Å²) in [7, 11) is 0. The van der Waals surface area contributed by atoms with E-state index in [1.807, 2.05) is 10.7 Å². The first-order valence-electron chi connectivity index (χ1n) is 5.22. The highest BCUT2D eigenvalue weighted by molar-refractivity contribution is 5.26. The van der Waals surface area contributed by atoms with Gasteiger partial charge in [-0.2, -0.15) is 5.10 Å². The van der Waals surface area contributed by atoms with Crippen molar-refractivity contribution in [1.82, 2.24) is 15.1 Å². The van der Waals surface area contributed by atoms with Crippen molar-refractivity contribution in [3.63, 3.8) is 0 Å². The van der Waals surface area contributed by atoms with E-state index in [2.05, 4.69) is 24.3 Å². The lowest BCUT2D eigenvalue weighted by atomic mass is 9.95. The Labute approximate surface area is 84.5 Å². The number of nitrogens with one attached hydrogen (secondary N) is 1. The van der Waals surface area contributed by atoms with Crippen molar-refractivity contribution in [3.8, 4) is 0 Å². The molecular formula is C10H18N4. The third kappa shape index (κ3) is 1.75. The predicted octanol–water partition coefficient (Wildman–Crippen LogP) is 1.17. The van der Waals surface area contributed by atoms with E-state index in [4.69, 9.17) is 5.73 Å². The van der Waals surface area contributed by atoms with Gasteiger partial charge in [0, 0.05) is 12.1 Å². The van der Waals surface area contributed by atoms with E-state index >= 15 is 0 Å². The molecule has 78 valence electrons. The van der Waals surface area contributed by atoms with Crippen molar-refractivity contribution in [1.29, 1.82) is 0 Å². The van der Waals surface area contributed by atoms with E-state index in [9.17, 15) is 0 Å². The molecule has 1 aromatic rings. The first-order chi connectivity index (χ1) is 6.66. The minimum Gasteiger partial charge on any atom is -0.384 e. The molecule has 0 bridgehead atoms. The van der Waals surface area contributed by atoms with Crippen LogP contribution in [0.15, 0.2) is 12.3 Å². The summed E-state index contributed by atoms with van der Waals surface area (Å²) in [5.41, 5.74) is 5.84. The highest BCUT2D eigenvalue weighted by atomic mass is 15.3. The van der Waals surface area contributed by atoms with Gasteiger partial charge in [0.25, 0.3) is 0 Å². The van der Waals surface area contributed by atoms with Crippen molar-refractivity contribution in [2.45, 2.75) is 44.8 Å². The Kier molecular flexibility index (Phi) is 2.46. The van der Waals surface area contributed by atoms with Crippen molar-refractivity contribution in [2.24, 2.45) is 0 Å². The molecule has 0 aromatic carbocycles. The summed E-state index contributed by atoms with van der Waals surface area (Å²) >= 11 is 0. The smallest absolute Gasteiger partial charge is 0.121 e. The van der Waals surface area contributed by atoms with Crippen LogP contribution >= 0.6 is 0 Å². The Hall–Kier alpha value is -1.03. The predicted molar refractivity (Wildman–Crippen MR) is 57.0 cm³/mol. The summed E-state index contributed by atoms with van der Waals surface area (Å²) in [6.45, 7) is 4.42. The number of hydrogen-bond acceptors (Lipinski definition) is 3. The van der Waals surface area contributed by atoms with Gasteiger partial charge in [-0.15, -0.1) is 0 Å². The number of anilines is 1. The quantitative estimate of drug-likeness (QED) is 0.705. The fraction of sp³-hybridized carbons (Fsp3) is 0.700. The van der Waals surface area contributed by atoms with Crippen LogP contribution in [0.4, 0.5) is 5.82 Å². The van der Waals surface area contributed by atoms with Gasteiger partial charge in [-0.1, -0.05) is 0 Å². The molecular weight excluding hydrogens is 176 g/mol. The highest BCUT2D eigenvalue weighted by Gasteiger charge is 2.25. The normalized spacial score (nSPS) is 33.1. The van der Waals surface area contributed by atoms with E-state index in [1.165, 1.54) is 0 Å². The molecule has 4 heteroatoms. The third-order valence-electron chi connectivity index (χ3n) is 2.87. The van der Waals surface area contributed by atoms with Crippen LogP contribution in [0.5, 0.6) is 0 Å². The van der Waals surface area contributed by atoms with Gasteiger partial charge in [0.15, 0.2) is 0 Å². The van der Waals surface area contributed by atoms with Crippen molar-refractivity contribution < 1.29 is 0 Å². The summed E-state index contributed by atoms with van der Waals surface area (Å²) in [6, 6.07) is 3.41. The molecule has 0 aliphatic carbocycles. The summed E-state index contributed by atoms with van der Waals surface area (Å²) in [5, 5.41) is 7.78. The minimum atomic E-state index is 0.455. The molecule has 1 aromatic heterocycles. The molecule has 4 nitrogen and oxygen atoms in total. The van der Waals surface area contributed by atoms with Crippen LogP contribution in [0.2, 0.25) is 0 Å². The second-order valence-electron chi connectivity index (χ2n) is 4.29. The summed E-state index contributed by atoms with van der Waals surface area (Å²) in [4.78, 5) is 0. The summed E-state index contributed by atoms with van der Waals surface area (Å²) < 4.78 is 1.95. The van der Waals surface area contributed by atoms with Crippen molar-refractivity contribution in [2.75, 3.05) is 5.73 Å². The van der Waals surface area contributed by atoms with E-state index in [0.717, 1.165) is 18.7 Å².